The number of anilines is 2. The van der Waals surface area contributed by atoms with Gasteiger partial charge in [0.25, 0.3) is 5.91 Å². The number of halogens is 4. The highest BCUT2D eigenvalue weighted by Gasteiger charge is 2.43. The third kappa shape index (κ3) is 7.61. The number of piperidine rings is 1. The minimum Gasteiger partial charge on any atom is -0.485 e. The van der Waals surface area contributed by atoms with Crippen molar-refractivity contribution >= 4 is 55.9 Å². The SMILES string of the molecule is N=C(Oc1cc(C(=O)Nc2ncc(Br)s2)ccn1)c1ccc(N2CCCC2)c(OC(=O)C(F)(F)F)c1OC1CCNCC1. The number of nitrogens with zero attached hydrogens (tertiary/aromatic N) is 3. The summed E-state index contributed by atoms with van der Waals surface area (Å²) in [4.78, 5) is 34.8. The number of carbonyl (C=O) groups excluding carboxylic acids is 2. The number of nitrogens with one attached hydrogen (secondary N) is 3. The molecule has 3 aromatic rings. The zero-order chi connectivity index (χ0) is 30.6. The maximum absolute atomic E-state index is 13.4. The van der Waals surface area contributed by atoms with E-state index in [1.54, 1.807) is 6.20 Å². The van der Waals surface area contributed by atoms with E-state index in [-0.39, 0.29) is 28.4 Å². The molecule has 2 fully saturated rings. The van der Waals surface area contributed by atoms with E-state index in [1.807, 2.05) is 4.90 Å². The summed E-state index contributed by atoms with van der Waals surface area (Å²) in [6.45, 7) is 2.34. The molecule has 1 amide bonds. The molecule has 43 heavy (non-hydrogen) atoms. The van der Waals surface area contributed by atoms with Crippen LogP contribution >= 0.6 is 27.3 Å². The summed E-state index contributed by atoms with van der Waals surface area (Å²) in [6.07, 6.45) is -0.100. The number of esters is 1. The molecule has 0 unspecified atom stereocenters. The molecule has 0 radical (unpaired) electrons. The standard InChI is InChI=1S/C27H26BrF3N6O5S/c28-19-14-35-26(43-19)36-24(38)15-5-10-34-20(13-15)41-23(32)17-3-4-18(37-11-1-2-12-37)22(42-25(39)27(29,30)31)21(17)40-16-6-8-33-9-7-16/h3-5,10,13-14,16,32-33H,1-2,6-9,11-12H2,(H,35,36,38). The number of ether oxygens (including phenoxy) is 3. The van der Waals surface area contributed by atoms with Crippen LogP contribution in [-0.2, 0) is 4.79 Å². The van der Waals surface area contributed by atoms with E-state index in [2.05, 4.69) is 36.5 Å². The maximum Gasteiger partial charge on any atom is 0.491 e. The molecule has 0 spiro atoms. The number of rotatable bonds is 8. The van der Waals surface area contributed by atoms with Gasteiger partial charge < -0.3 is 24.4 Å². The van der Waals surface area contributed by atoms with Crippen molar-refractivity contribution < 1.29 is 37.0 Å². The first kappa shape index (κ1) is 30.7. The molecule has 5 rings (SSSR count). The number of amides is 1. The van der Waals surface area contributed by atoms with Crippen LogP contribution in [0.3, 0.4) is 0 Å². The molecule has 0 aliphatic carbocycles. The highest BCUT2D eigenvalue weighted by molar-refractivity contribution is 9.11. The topological polar surface area (TPSA) is 139 Å². The Labute approximate surface area is 256 Å². The summed E-state index contributed by atoms with van der Waals surface area (Å²) in [5, 5.41) is 14.9. The number of aromatic nitrogens is 2. The normalized spacial score (nSPS) is 15.7. The van der Waals surface area contributed by atoms with Crippen LogP contribution in [0.15, 0.2) is 40.4 Å². The molecule has 2 aromatic heterocycles. The van der Waals surface area contributed by atoms with Crippen LogP contribution in [0.2, 0.25) is 0 Å². The van der Waals surface area contributed by atoms with E-state index in [0.717, 1.165) is 16.6 Å². The van der Waals surface area contributed by atoms with Crippen molar-refractivity contribution in [1.82, 2.24) is 15.3 Å². The van der Waals surface area contributed by atoms with Gasteiger partial charge in [-0.25, -0.2) is 14.8 Å². The first-order valence-corrected chi connectivity index (χ1v) is 14.9. The molecule has 16 heteroatoms. The maximum atomic E-state index is 13.4. The van der Waals surface area contributed by atoms with Gasteiger partial charge in [0, 0.05) is 30.9 Å². The van der Waals surface area contributed by atoms with Crippen molar-refractivity contribution in [1.29, 1.82) is 5.41 Å². The Morgan fingerprint density at radius 1 is 1.09 bits per heavy atom. The highest BCUT2D eigenvalue weighted by atomic mass is 79.9. The fourth-order valence-electron chi connectivity index (χ4n) is 4.63. The number of thiazole rings is 1. The number of hydrogen-bond donors (Lipinski definition) is 3. The van der Waals surface area contributed by atoms with E-state index in [9.17, 15) is 22.8 Å². The number of hydrogen-bond acceptors (Lipinski definition) is 11. The molecule has 2 saturated heterocycles. The predicted octanol–water partition coefficient (Wildman–Crippen LogP) is 5.16. The lowest BCUT2D eigenvalue weighted by atomic mass is 10.1. The van der Waals surface area contributed by atoms with Gasteiger partial charge >= 0.3 is 12.1 Å². The summed E-state index contributed by atoms with van der Waals surface area (Å²) >= 11 is 4.50. The molecule has 0 bridgehead atoms. The van der Waals surface area contributed by atoms with Crippen LogP contribution < -0.4 is 29.7 Å². The lowest BCUT2D eigenvalue weighted by molar-refractivity contribution is -0.189. The Morgan fingerprint density at radius 2 is 1.84 bits per heavy atom. The fraction of sp³-hybridized carbons (Fsp3) is 0.370. The van der Waals surface area contributed by atoms with Gasteiger partial charge in [-0.3, -0.25) is 15.5 Å². The van der Waals surface area contributed by atoms with Crippen molar-refractivity contribution in [2.75, 3.05) is 36.4 Å². The molecular weight excluding hydrogens is 657 g/mol. The third-order valence-corrected chi connectivity index (χ3v) is 8.07. The lowest BCUT2D eigenvalue weighted by Crippen LogP contribution is -2.35. The quantitative estimate of drug-likeness (QED) is 0.127. The fourth-order valence-corrected chi connectivity index (χ4v) is 5.73. The average Bonchev–Trinajstić information content (AvgIpc) is 3.66. The van der Waals surface area contributed by atoms with Crippen LogP contribution in [0.25, 0.3) is 0 Å². The summed E-state index contributed by atoms with van der Waals surface area (Å²) < 4.78 is 57.7. The number of alkyl halides is 3. The molecular formula is C27H26BrF3N6O5S. The summed E-state index contributed by atoms with van der Waals surface area (Å²) in [6, 6.07) is 5.72. The second-order valence-corrected chi connectivity index (χ2v) is 12.1. The van der Waals surface area contributed by atoms with Gasteiger partial charge in [-0.15, -0.1) is 0 Å². The van der Waals surface area contributed by atoms with Crippen LogP contribution in [-0.4, -0.2) is 66.2 Å². The van der Waals surface area contributed by atoms with Crippen molar-refractivity contribution in [3.63, 3.8) is 0 Å². The van der Waals surface area contributed by atoms with Gasteiger partial charge in [0.2, 0.25) is 11.8 Å². The van der Waals surface area contributed by atoms with Crippen molar-refractivity contribution in [3.8, 4) is 17.4 Å². The summed E-state index contributed by atoms with van der Waals surface area (Å²) in [7, 11) is 0. The minimum absolute atomic E-state index is 0.0456. The van der Waals surface area contributed by atoms with Gasteiger partial charge in [0.1, 0.15) is 6.10 Å². The molecule has 1 aromatic carbocycles. The van der Waals surface area contributed by atoms with Crippen LogP contribution in [0.4, 0.5) is 24.0 Å². The first-order chi connectivity index (χ1) is 20.6. The smallest absolute Gasteiger partial charge is 0.485 e. The average molecular weight is 684 g/mol. The summed E-state index contributed by atoms with van der Waals surface area (Å²) in [5.41, 5.74) is 0.372. The molecule has 0 atom stereocenters. The van der Waals surface area contributed by atoms with Gasteiger partial charge in [0.05, 0.1) is 21.2 Å². The summed E-state index contributed by atoms with van der Waals surface area (Å²) in [5.74, 6) is -4.18. The van der Waals surface area contributed by atoms with Crippen LogP contribution in [0.5, 0.6) is 17.4 Å². The van der Waals surface area contributed by atoms with Crippen molar-refractivity contribution in [2.24, 2.45) is 0 Å². The molecule has 2 aliphatic heterocycles. The van der Waals surface area contributed by atoms with Gasteiger partial charge in [-0.05, 0) is 72.9 Å². The Hall–Kier alpha value is -3.76. The number of pyridine rings is 1. The number of carbonyl (C=O) groups is 2. The Morgan fingerprint density at radius 3 is 2.51 bits per heavy atom. The van der Waals surface area contributed by atoms with Crippen LogP contribution in [0, 0.1) is 5.41 Å². The highest BCUT2D eigenvalue weighted by Crippen LogP contribution is 2.44. The molecule has 2 aliphatic rings. The zero-order valence-corrected chi connectivity index (χ0v) is 24.9. The first-order valence-electron chi connectivity index (χ1n) is 13.3. The second-order valence-electron chi connectivity index (χ2n) is 9.68. The monoisotopic (exact) mass is 682 g/mol. The van der Waals surface area contributed by atoms with Crippen molar-refractivity contribution in [3.05, 3.63) is 51.6 Å². The van der Waals surface area contributed by atoms with Crippen LogP contribution in [0.1, 0.15) is 41.6 Å². The Kier molecular flexibility index (Phi) is 9.46. The van der Waals surface area contributed by atoms with Gasteiger partial charge in [-0.2, -0.15) is 13.2 Å². The molecule has 0 saturated carbocycles. The van der Waals surface area contributed by atoms with E-state index >= 15 is 0 Å². The van der Waals surface area contributed by atoms with E-state index in [1.165, 1.54) is 41.8 Å². The lowest BCUT2D eigenvalue weighted by Gasteiger charge is -2.28. The number of benzene rings is 1. The molecule has 11 nitrogen and oxygen atoms in total. The molecule has 228 valence electrons. The largest absolute Gasteiger partial charge is 0.491 e. The molecule has 3 N–H and O–H groups in total. The Balaban J connectivity index is 1.47. The van der Waals surface area contributed by atoms with E-state index in [0.29, 0.717) is 44.2 Å². The van der Waals surface area contributed by atoms with E-state index < -0.39 is 35.8 Å². The van der Waals surface area contributed by atoms with E-state index in [4.69, 9.17) is 19.6 Å². The zero-order valence-electron chi connectivity index (χ0n) is 22.5. The van der Waals surface area contributed by atoms with Gasteiger partial charge in [-0.1, -0.05) is 11.3 Å². The molecule has 4 heterocycles. The minimum atomic E-state index is -5.26. The van der Waals surface area contributed by atoms with Crippen molar-refractivity contribution in [2.45, 2.75) is 38.0 Å². The Bertz CT molecular complexity index is 1510. The second kappa shape index (κ2) is 13.3. The van der Waals surface area contributed by atoms with Gasteiger partial charge in [0.15, 0.2) is 16.6 Å². The third-order valence-electron chi connectivity index (χ3n) is 6.68. The predicted molar refractivity (Wildman–Crippen MR) is 156 cm³/mol.